The van der Waals surface area contributed by atoms with E-state index < -0.39 is 40.2 Å². The van der Waals surface area contributed by atoms with Gasteiger partial charge in [-0.05, 0) is 67.9 Å². The number of fused-ring (bicyclic) bond motifs is 1. The van der Waals surface area contributed by atoms with Gasteiger partial charge in [0.25, 0.3) is 10.0 Å². The zero-order chi connectivity index (χ0) is 29.6. The van der Waals surface area contributed by atoms with E-state index >= 15 is 0 Å². The number of carbonyl (C=O) groups is 2. The molecule has 4 rings (SSSR count). The van der Waals surface area contributed by atoms with Crippen molar-refractivity contribution in [1.29, 1.82) is 0 Å². The number of methoxy groups -OCH3 is 1. The van der Waals surface area contributed by atoms with Gasteiger partial charge in [-0.1, -0.05) is 12.1 Å². The minimum atomic E-state index is -4.36. The number of sulfonamides is 1. The lowest BCUT2D eigenvalue weighted by Gasteiger charge is -2.32. The lowest BCUT2D eigenvalue weighted by Crippen LogP contribution is -2.51. The number of nitrogens with zero attached hydrogens (tertiary/aromatic N) is 2. The van der Waals surface area contributed by atoms with E-state index in [4.69, 9.17) is 14.2 Å². The molecule has 0 spiro atoms. The van der Waals surface area contributed by atoms with E-state index in [-0.39, 0.29) is 29.5 Å². The predicted octanol–water partition coefficient (Wildman–Crippen LogP) is 3.35. The maximum Gasteiger partial charge on any atom is 0.264 e. The van der Waals surface area contributed by atoms with Crippen LogP contribution >= 0.6 is 0 Å². The number of amides is 2. The molecule has 1 atom stereocenters. The third-order valence-corrected chi connectivity index (χ3v) is 8.30. The van der Waals surface area contributed by atoms with Gasteiger partial charge in [0, 0.05) is 19.2 Å². The third kappa shape index (κ3) is 6.88. The van der Waals surface area contributed by atoms with Gasteiger partial charge in [0.1, 0.15) is 37.4 Å². The molecule has 0 saturated heterocycles. The van der Waals surface area contributed by atoms with Gasteiger partial charge in [0.05, 0.1) is 17.7 Å². The van der Waals surface area contributed by atoms with Crippen molar-refractivity contribution in [2.45, 2.75) is 31.3 Å². The molecule has 218 valence electrons. The van der Waals surface area contributed by atoms with Crippen LogP contribution in [-0.2, 0) is 26.2 Å². The largest absolute Gasteiger partial charge is 0.497 e. The summed E-state index contributed by atoms with van der Waals surface area (Å²) in [6.07, 6.45) is 0. The summed E-state index contributed by atoms with van der Waals surface area (Å²) < 4.78 is 58.9. The molecule has 3 aromatic carbocycles. The first-order valence-electron chi connectivity index (χ1n) is 13.0. The third-order valence-electron chi connectivity index (χ3n) is 6.53. The zero-order valence-corrected chi connectivity index (χ0v) is 23.8. The van der Waals surface area contributed by atoms with Crippen LogP contribution in [0.15, 0.2) is 71.6 Å². The van der Waals surface area contributed by atoms with Gasteiger partial charge >= 0.3 is 0 Å². The normalized spacial score (nSPS) is 13.2. The quantitative estimate of drug-likeness (QED) is 0.367. The first-order valence-corrected chi connectivity index (χ1v) is 14.5. The number of carbonyl (C=O) groups excluding carboxylic acids is 2. The summed E-state index contributed by atoms with van der Waals surface area (Å²) in [5, 5.41) is 2.71. The average Bonchev–Trinajstić information content (AvgIpc) is 2.98. The van der Waals surface area contributed by atoms with Crippen LogP contribution in [0.4, 0.5) is 10.1 Å². The fraction of sp³-hybridized carbons (Fsp3) is 0.310. The van der Waals surface area contributed by atoms with Crippen molar-refractivity contribution in [2.75, 3.05) is 37.7 Å². The summed E-state index contributed by atoms with van der Waals surface area (Å²) >= 11 is 0. The number of nitrogens with one attached hydrogen (secondary N) is 1. The lowest BCUT2D eigenvalue weighted by atomic mass is 10.1. The monoisotopic (exact) mass is 585 g/mol. The molecule has 3 aromatic rings. The fourth-order valence-corrected chi connectivity index (χ4v) is 5.71. The van der Waals surface area contributed by atoms with Gasteiger partial charge in [-0.25, -0.2) is 12.8 Å². The molecule has 1 heterocycles. The number of anilines is 1. The minimum Gasteiger partial charge on any atom is -0.497 e. The van der Waals surface area contributed by atoms with Crippen LogP contribution in [0.5, 0.6) is 17.2 Å². The maximum absolute atomic E-state index is 14.0. The molecule has 0 fully saturated rings. The second-order valence-corrected chi connectivity index (χ2v) is 11.1. The molecular formula is C29H32FN3O7S. The number of likely N-dealkylation sites (N-methyl/N-ethyl adjacent to an activating group) is 1. The first kappa shape index (κ1) is 29.7. The molecule has 0 bridgehead atoms. The maximum atomic E-state index is 14.0. The van der Waals surface area contributed by atoms with Crippen molar-refractivity contribution in [3.63, 3.8) is 0 Å². The standard InChI is InChI=1S/C29H32FN3O7S/c1-4-31-29(35)20(2)32(18-21-5-11-24(38-3)12-6-21)28(34)19-33(23-9-7-22(30)8-10-23)41(36,37)25-13-14-26-27(17-25)40-16-15-39-26/h5-14,17,20H,4,15-16,18-19H2,1-3H3,(H,31,35). The molecule has 2 amide bonds. The van der Waals surface area contributed by atoms with Crippen molar-refractivity contribution < 1.29 is 36.6 Å². The van der Waals surface area contributed by atoms with E-state index in [0.29, 0.717) is 30.2 Å². The van der Waals surface area contributed by atoms with Gasteiger partial charge in [-0.2, -0.15) is 0 Å². The Bertz CT molecular complexity index is 1480. The smallest absolute Gasteiger partial charge is 0.264 e. The Morgan fingerprint density at radius 1 is 1.00 bits per heavy atom. The molecule has 1 aliphatic heterocycles. The van der Waals surface area contributed by atoms with Crippen molar-refractivity contribution in [1.82, 2.24) is 10.2 Å². The molecule has 1 unspecified atom stereocenters. The Morgan fingerprint density at radius 2 is 1.66 bits per heavy atom. The molecule has 1 aliphatic rings. The van der Waals surface area contributed by atoms with Crippen LogP contribution in [-0.4, -0.2) is 64.6 Å². The summed E-state index contributed by atoms with van der Waals surface area (Å²) in [7, 11) is -2.82. The summed E-state index contributed by atoms with van der Waals surface area (Å²) in [5.41, 5.74) is 0.781. The van der Waals surface area contributed by atoms with Gasteiger partial charge in [0.2, 0.25) is 11.8 Å². The SMILES string of the molecule is CCNC(=O)C(C)N(Cc1ccc(OC)cc1)C(=O)CN(c1ccc(F)cc1)S(=O)(=O)c1ccc2c(c1)OCCO2. The van der Waals surface area contributed by atoms with Crippen molar-refractivity contribution in [3.8, 4) is 17.2 Å². The van der Waals surface area contributed by atoms with E-state index in [1.165, 1.54) is 42.3 Å². The highest BCUT2D eigenvalue weighted by Crippen LogP contribution is 2.34. The highest BCUT2D eigenvalue weighted by Gasteiger charge is 2.33. The number of benzene rings is 3. The van der Waals surface area contributed by atoms with Gasteiger partial charge in [-0.3, -0.25) is 13.9 Å². The van der Waals surface area contributed by atoms with Crippen LogP contribution in [0.1, 0.15) is 19.4 Å². The van der Waals surface area contributed by atoms with Gasteiger partial charge in [0.15, 0.2) is 11.5 Å². The molecular weight excluding hydrogens is 553 g/mol. The molecule has 12 heteroatoms. The second-order valence-electron chi connectivity index (χ2n) is 9.23. The van der Waals surface area contributed by atoms with Crippen molar-refractivity contribution in [2.24, 2.45) is 0 Å². The molecule has 0 radical (unpaired) electrons. The minimum absolute atomic E-state index is 0.0302. The Hall–Kier alpha value is -4.32. The van der Waals surface area contributed by atoms with Crippen LogP contribution < -0.4 is 23.8 Å². The van der Waals surface area contributed by atoms with Crippen molar-refractivity contribution in [3.05, 3.63) is 78.1 Å². The zero-order valence-electron chi connectivity index (χ0n) is 23.0. The van der Waals surface area contributed by atoms with Crippen molar-refractivity contribution >= 4 is 27.5 Å². The molecule has 41 heavy (non-hydrogen) atoms. The topological polar surface area (TPSA) is 114 Å². The van der Waals surface area contributed by atoms with Crippen LogP contribution in [0.25, 0.3) is 0 Å². The van der Waals surface area contributed by atoms with Crippen LogP contribution in [0.3, 0.4) is 0 Å². The highest BCUT2D eigenvalue weighted by atomic mass is 32.2. The molecule has 0 aliphatic carbocycles. The molecule has 0 saturated carbocycles. The van der Waals surface area contributed by atoms with E-state index in [2.05, 4.69) is 5.32 Å². The Morgan fingerprint density at radius 3 is 2.29 bits per heavy atom. The average molecular weight is 586 g/mol. The Kier molecular flexibility index (Phi) is 9.33. The molecule has 10 nitrogen and oxygen atoms in total. The van der Waals surface area contributed by atoms with Gasteiger partial charge in [-0.15, -0.1) is 0 Å². The number of ether oxygens (including phenoxy) is 3. The van der Waals surface area contributed by atoms with E-state index in [1.807, 2.05) is 0 Å². The van der Waals surface area contributed by atoms with Gasteiger partial charge < -0.3 is 24.4 Å². The number of hydrogen-bond donors (Lipinski definition) is 1. The van der Waals surface area contributed by atoms with E-state index in [9.17, 15) is 22.4 Å². The van der Waals surface area contributed by atoms with Crippen LogP contribution in [0.2, 0.25) is 0 Å². The number of hydrogen-bond acceptors (Lipinski definition) is 7. The fourth-order valence-electron chi connectivity index (χ4n) is 4.28. The summed E-state index contributed by atoms with van der Waals surface area (Å²) in [5.74, 6) is -0.309. The second kappa shape index (κ2) is 12.9. The predicted molar refractivity (Wildman–Crippen MR) is 150 cm³/mol. The van der Waals surface area contributed by atoms with E-state index in [0.717, 1.165) is 16.4 Å². The van der Waals surface area contributed by atoms with Crippen LogP contribution in [0, 0.1) is 5.82 Å². The number of rotatable bonds is 11. The first-order chi connectivity index (χ1) is 19.6. The Balaban J connectivity index is 1.71. The molecule has 0 aromatic heterocycles. The lowest BCUT2D eigenvalue weighted by molar-refractivity contribution is -0.139. The molecule has 1 N–H and O–H groups in total. The Labute approximate surface area is 238 Å². The summed E-state index contributed by atoms with van der Waals surface area (Å²) in [6, 6.07) is 15.0. The number of halogens is 1. The summed E-state index contributed by atoms with van der Waals surface area (Å²) in [6.45, 7) is 3.66. The summed E-state index contributed by atoms with van der Waals surface area (Å²) in [4.78, 5) is 27.8. The van der Waals surface area contributed by atoms with E-state index in [1.54, 1.807) is 38.1 Å². The highest BCUT2D eigenvalue weighted by molar-refractivity contribution is 7.92.